The molecule has 0 radical (unpaired) electrons. The molecule has 5 nitrogen and oxygen atoms in total. The number of carboxylic acid groups (broad SMARTS) is 2. The van der Waals surface area contributed by atoms with Gasteiger partial charge in [0.2, 0.25) is 0 Å². The second kappa shape index (κ2) is 10.1. The number of unbranched alkanes of at least 4 members (excludes halogenated alkanes) is 5. The Morgan fingerprint density at radius 3 is 2.44 bits per heavy atom. The van der Waals surface area contributed by atoms with E-state index in [0.717, 1.165) is 47.7 Å². The highest BCUT2D eigenvalue weighted by Crippen LogP contribution is 2.45. The molecule has 2 unspecified atom stereocenters. The molecule has 148 valence electrons. The Bertz CT molecular complexity index is 743. The third kappa shape index (κ3) is 5.45. The zero-order chi connectivity index (χ0) is 19.9. The number of hydrogen-bond acceptors (Lipinski definition) is 5. The first-order valence-corrected chi connectivity index (χ1v) is 11.0. The van der Waals surface area contributed by atoms with Gasteiger partial charge >= 0.3 is 11.9 Å². The quantitative estimate of drug-likeness (QED) is 0.346. The van der Waals surface area contributed by atoms with Crippen LogP contribution in [-0.4, -0.2) is 31.9 Å². The van der Waals surface area contributed by atoms with Gasteiger partial charge in [-0.1, -0.05) is 69.3 Å². The number of fused-ring (bicyclic) bond motifs is 1. The first-order valence-electron chi connectivity index (χ1n) is 9.41. The highest BCUT2D eigenvalue weighted by Gasteiger charge is 2.48. The van der Waals surface area contributed by atoms with E-state index >= 15 is 0 Å². The van der Waals surface area contributed by atoms with Crippen molar-refractivity contribution in [1.29, 1.82) is 0 Å². The molecule has 27 heavy (non-hydrogen) atoms. The monoisotopic (exact) mass is 409 g/mol. The number of hydrogen-bond donors (Lipinski definition) is 2. The molecule has 0 amide bonds. The van der Waals surface area contributed by atoms with Gasteiger partial charge in [0.15, 0.2) is 4.34 Å². The molecule has 1 aromatic heterocycles. The zero-order valence-electron chi connectivity index (χ0n) is 15.8. The zero-order valence-corrected chi connectivity index (χ0v) is 17.4. The summed E-state index contributed by atoms with van der Waals surface area (Å²) in [5.41, 5.74) is 0.812. The molecule has 7 heteroatoms. The number of thioether (sulfide) groups is 1. The Hall–Kier alpha value is -1.60. The summed E-state index contributed by atoms with van der Waals surface area (Å²) < 4.78 is 0.171. The predicted molar refractivity (Wildman–Crippen MR) is 111 cm³/mol. The molecule has 1 aromatic carbocycles. The molecule has 2 N–H and O–H groups in total. The molecular formula is C20H27NO4S2. The summed E-state index contributed by atoms with van der Waals surface area (Å²) in [6, 6.07) is 7.62. The number of nitrogens with zero attached hydrogens (tertiary/aromatic N) is 1. The molecule has 0 aliphatic heterocycles. The van der Waals surface area contributed by atoms with Crippen molar-refractivity contribution in [2.24, 2.45) is 5.92 Å². The Morgan fingerprint density at radius 1 is 1.15 bits per heavy atom. The van der Waals surface area contributed by atoms with Crippen LogP contribution in [0.4, 0.5) is 0 Å². The van der Waals surface area contributed by atoms with Gasteiger partial charge in [0.25, 0.3) is 0 Å². The van der Waals surface area contributed by atoms with Crippen LogP contribution in [0, 0.1) is 5.92 Å². The minimum absolute atomic E-state index is 0.322. The van der Waals surface area contributed by atoms with E-state index < -0.39 is 22.6 Å². The molecule has 0 spiro atoms. The summed E-state index contributed by atoms with van der Waals surface area (Å²) in [5.74, 6) is -3.17. The lowest BCUT2D eigenvalue weighted by atomic mass is 9.87. The number of thiazole rings is 1. The van der Waals surface area contributed by atoms with Gasteiger partial charge in [-0.3, -0.25) is 9.59 Å². The molecular weight excluding hydrogens is 382 g/mol. The first kappa shape index (κ1) is 21.7. The van der Waals surface area contributed by atoms with Crippen LogP contribution in [0.1, 0.15) is 58.8 Å². The Labute approximate surface area is 168 Å². The van der Waals surface area contributed by atoms with Crippen molar-refractivity contribution < 1.29 is 19.8 Å². The van der Waals surface area contributed by atoms with Gasteiger partial charge in [-0.25, -0.2) is 4.98 Å². The highest BCUT2D eigenvalue weighted by atomic mass is 32.2. The molecule has 2 rings (SSSR count). The van der Waals surface area contributed by atoms with E-state index in [1.807, 2.05) is 24.3 Å². The van der Waals surface area contributed by atoms with Crippen molar-refractivity contribution in [2.45, 2.75) is 67.9 Å². The Balaban J connectivity index is 2.21. The smallest absolute Gasteiger partial charge is 0.321 e. The van der Waals surface area contributed by atoms with Gasteiger partial charge in [-0.15, -0.1) is 11.3 Å². The maximum Gasteiger partial charge on any atom is 0.321 e. The van der Waals surface area contributed by atoms with E-state index in [1.165, 1.54) is 24.7 Å². The first-order chi connectivity index (χ1) is 12.9. The maximum atomic E-state index is 12.2. The summed E-state index contributed by atoms with van der Waals surface area (Å²) in [6.45, 7) is 3.65. The van der Waals surface area contributed by atoms with Gasteiger partial charge in [0, 0.05) is 0 Å². The SMILES string of the molecule is CCCCCCCCC(Sc1nc2ccccc2s1)(C(=O)O)C(C)C(=O)O. The van der Waals surface area contributed by atoms with Gasteiger partial charge < -0.3 is 10.2 Å². The molecule has 2 aromatic rings. The second-order valence-electron chi connectivity index (χ2n) is 6.82. The molecule has 0 saturated heterocycles. The number of benzene rings is 1. The normalized spacial score (nSPS) is 14.7. The average molecular weight is 410 g/mol. The van der Waals surface area contributed by atoms with Crippen LogP contribution in [0.5, 0.6) is 0 Å². The highest BCUT2D eigenvalue weighted by molar-refractivity contribution is 8.03. The van der Waals surface area contributed by atoms with Crippen LogP contribution in [-0.2, 0) is 9.59 Å². The predicted octanol–water partition coefficient (Wildman–Crippen LogP) is 5.68. The lowest BCUT2D eigenvalue weighted by molar-refractivity contribution is -0.151. The minimum Gasteiger partial charge on any atom is -0.481 e. The van der Waals surface area contributed by atoms with Crippen molar-refractivity contribution in [3.8, 4) is 0 Å². The van der Waals surface area contributed by atoms with Crippen LogP contribution in [0.15, 0.2) is 28.6 Å². The van der Waals surface area contributed by atoms with Crippen LogP contribution < -0.4 is 0 Å². The summed E-state index contributed by atoms with van der Waals surface area (Å²) in [5, 5.41) is 19.6. The van der Waals surface area contributed by atoms with Crippen molar-refractivity contribution in [3.05, 3.63) is 24.3 Å². The fourth-order valence-electron chi connectivity index (χ4n) is 3.11. The van der Waals surface area contributed by atoms with Crippen LogP contribution >= 0.6 is 23.1 Å². The molecule has 2 atom stereocenters. The standard InChI is InChI=1S/C20H27NO4S2/c1-3-4-5-6-7-10-13-20(18(24)25,14(2)17(22)23)27-19-21-15-11-8-9-12-16(15)26-19/h8-9,11-12,14H,3-7,10,13H2,1-2H3,(H,22,23)(H,24,25). The fraction of sp³-hybridized carbons (Fsp3) is 0.550. The van der Waals surface area contributed by atoms with E-state index in [2.05, 4.69) is 11.9 Å². The van der Waals surface area contributed by atoms with Gasteiger partial charge in [-0.2, -0.15) is 0 Å². The number of aromatic nitrogens is 1. The molecule has 0 fully saturated rings. The molecule has 1 heterocycles. The average Bonchev–Trinajstić information content (AvgIpc) is 3.04. The molecule has 0 aliphatic rings. The number of rotatable bonds is 12. The molecule has 0 aliphatic carbocycles. The van der Waals surface area contributed by atoms with Crippen LogP contribution in [0.2, 0.25) is 0 Å². The van der Waals surface area contributed by atoms with E-state index in [0.29, 0.717) is 17.2 Å². The van der Waals surface area contributed by atoms with Gasteiger partial charge in [0.05, 0.1) is 16.1 Å². The summed E-state index contributed by atoms with van der Waals surface area (Å²) in [6.07, 6.45) is 6.46. The topological polar surface area (TPSA) is 87.5 Å². The largest absolute Gasteiger partial charge is 0.481 e. The third-order valence-electron chi connectivity index (χ3n) is 4.88. The Kier molecular flexibility index (Phi) is 8.10. The lowest BCUT2D eigenvalue weighted by Crippen LogP contribution is -2.45. The van der Waals surface area contributed by atoms with E-state index in [-0.39, 0.29) is 0 Å². The summed E-state index contributed by atoms with van der Waals surface area (Å²) in [7, 11) is 0. The second-order valence-corrected chi connectivity index (χ2v) is 9.43. The van der Waals surface area contributed by atoms with E-state index in [9.17, 15) is 19.8 Å². The van der Waals surface area contributed by atoms with Crippen LogP contribution in [0.25, 0.3) is 10.2 Å². The lowest BCUT2D eigenvalue weighted by Gasteiger charge is -2.31. The van der Waals surface area contributed by atoms with Gasteiger partial charge in [0.1, 0.15) is 4.75 Å². The van der Waals surface area contributed by atoms with Crippen molar-refractivity contribution in [3.63, 3.8) is 0 Å². The van der Waals surface area contributed by atoms with Gasteiger partial charge in [-0.05, 0) is 25.5 Å². The Morgan fingerprint density at radius 2 is 1.81 bits per heavy atom. The van der Waals surface area contributed by atoms with Crippen LogP contribution in [0.3, 0.4) is 0 Å². The minimum atomic E-state index is -1.41. The number of carboxylic acids is 2. The van der Waals surface area contributed by atoms with E-state index in [1.54, 1.807) is 0 Å². The number of para-hydroxylation sites is 1. The van der Waals surface area contributed by atoms with Crippen molar-refractivity contribution in [2.75, 3.05) is 0 Å². The van der Waals surface area contributed by atoms with Crippen molar-refractivity contribution in [1.82, 2.24) is 4.98 Å². The summed E-state index contributed by atoms with van der Waals surface area (Å²) in [4.78, 5) is 28.5. The molecule has 0 bridgehead atoms. The van der Waals surface area contributed by atoms with Crippen molar-refractivity contribution >= 4 is 45.3 Å². The molecule has 0 saturated carbocycles. The third-order valence-corrected chi connectivity index (χ3v) is 7.57. The number of aliphatic carboxylic acids is 2. The maximum absolute atomic E-state index is 12.2. The van der Waals surface area contributed by atoms with E-state index in [4.69, 9.17) is 0 Å². The fourth-order valence-corrected chi connectivity index (χ4v) is 5.76. The summed E-state index contributed by atoms with van der Waals surface area (Å²) >= 11 is 2.52. The number of carbonyl (C=O) groups is 2.